The van der Waals surface area contributed by atoms with Crippen molar-refractivity contribution in [2.45, 2.75) is 25.4 Å². The monoisotopic (exact) mass is 274 g/mol. The molecule has 0 bridgehead atoms. The molecule has 1 aliphatic heterocycles. The lowest BCUT2D eigenvalue weighted by Crippen LogP contribution is -2.30. The Morgan fingerprint density at radius 2 is 1.89 bits per heavy atom. The van der Waals surface area contributed by atoms with E-state index < -0.39 is 23.3 Å². The minimum absolute atomic E-state index is 0.296. The van der Waals surface area contributed by atoms with Crippen molar-refractivity contribution in [3.63, 3.8) is 0 Å². The summed E-state index contributed by atoms with van der Waals surface area (Å²) in [6.07, 6.45) is -1.16. The number of anilines is 1. The van der Waals surface area contributed by atoms with Crippen LogP contribution in [0.5, 0.6) is 0 Å². The molecule has 0 aromatic carbocycles. The van der Waals surface area contributed by atoms with Crippen LogP contribution >= 0.6 is 0 Å². The van der Waals surface area contributed by atoms with E-state index in [0.717, 1.165) is 25.3 Å². The van der Waals surface area contributed by atoms with Gasteiger partial charge >= 0.3 is 12.1 Å². The Morgan fingerprint density at radius 1 is 1.26 bits per heavy atom. The number of hydrogen-bond acceptors (Lipinski definition) is 3. The van der Waals surface area contributed by atoms with Crippen LogP contribution in [0.2, 0.25) is 0 Å². The summed E-state index contributed by atoms with van der Waals surface area (Å²) in [7, 11) is 0. The second kappa shape index (κ2) is 5.07. The van der Waals surface area contributed by atoms with Crippen LogP contribution in [0.4, 0.5) is 19.0 Å². The molecular weight excluding hydrogens is 261 g/mol. The number of piperidine rings is 1. The number of carbonyl (C=O) groups is 1. The molecule has 1 fully saturated rings. The molecule has 2 heterocycles. The van der Waals surface area contributed by atoms with E-state index in [1.54, 1.807) is 0 Å². The Bertz CT molecular complexity index is 482. The number of carboxylic acid groups (broad SMARTS) is 1. The van der Waals surface area contributed by atoms with Gasteiger partial charge in [-0.2, -0.15) is 13.2 Å². The normalized spacial score (nSPS) is 16.5. The number of aromatic nitrogens is 1. The standard InChI is InChI=1S/C12H13F3N2O2/c13-12(14,15)9-7-16-10(6-8(9)11(18)19)17-4-2-1-3-5-17/h6-7H,1-5H2,(H,18,19). The molecule has 1 aromatic heterocycles. The van der Waals surface area contributed by atoms with E-state index >= 15 is 0 Å². The molecule has 2 rings (SSSR count). The number of alkyl halides is 3. The Kier molecular flexibility index (Phi) is 3.64. The number of aromatic carboxylic acids is 1. The van der Waals surface area contributed by atoms with Gasteiger partial charge in [-0.3, -0.25) is 0 Å². The summed E-state index contributed by atoms with van der Waals surface area (Å²) in [5.41, 5.74) is -1.95. The van der Waals surface area contributed by atoms with Gasteiger partial charge in [0.15, 0.2) is 0 Å². The van der Waals surface area contributed by atoms with E-state index in [9.17, 15) is 18.0 Å². The maximum atomic E-state index is 12.7. The Balaban J connectivity index is 2.38. The molecule has 19 heavy (non-hydrogen) atoms. The van der Waals surface area contributed by atoms with E-state index in [-0.39, 0.29) is 0 Å². The molecule has 0 radical (unpaired) electrons. The number of halogens is 3. The molecule has 0 aliphatic carbocycles. The van der Waals surface area contributed by atoms with Crippen LogP contribution in [0.3, 0.4) is 0 Å². The zero-order chi connectivity index (χ0) is 14.0. The van der Waals surface area contributed by atoms with Crippen molar-refractivity contribution in [1.82, 2.24) is 4.98 Å². The van der Waals surface area contributed by atoms with Gasteiger partial charge in [0.2, 0.25) is 0 Å². The zero-order valence-electron chi connectivity index (χ0n) is 10.1. The predicted octanol–water partition coefficient (Wildman–Crippen LogP) is 2.79. The third kappa shape index (κ3) is 2.97. The second-order valence-corrected chi connectivity index (χ2v) is 4.44. The first-order valence-corrected chi connectivity index (χ1v) is 5.95. The first-order valence-electron chi connectivity index (χ1n) is 5.95. The van der Waals surface area contributed by atoms with Gasteiger partial charge in [-0.15, -0.1) is 0 Å². The van der Waals surface area contributed by atoms with E-state index in [1.807, 2.05) is 4.90 Å². The van der Waals surface area contributed by atoms with Crippen molar-refractivity contribution < 1.29 is 23.1 Å². The van der Waals surface area contributed by atoms with Gasteiger partial charge in [-0.05, 0) is 25.3 Å². The maximum Gasteiger partial charge on any atom is 0.418 e. The summed E-state index contributed by atoms with van der Waals surface area (Å²) in [4.78, 5) is 16.5. The van der Waals surface area contributed by atoms with Crippen LogP contribution in [0.15, 0.2) is 12.3 Å². The molecule has 0 unspecified atom stereocenters. The number of nitrogens with zero attached hydrogens (tertiary/aromatic N) is 2. The zero-order valence-corrected chi connectivity index (χ0v) is 10.1. The summed E-state index contributed by atoms with van der Waals surface area (Å²) >= 11 is 0. The highest BCUT2D eigenvalue weighted by Crippen LogP contribution is 2.33. The van der Waals surface area contributed by atoms with Crippen molar-refractivity contribution in [3.05, 3.63) is 23.4 Å². The largest absolute Gasteiger partial charge is 0.478 e. The molecule has 4 nitrogen and oxygen atoms in total. The number of pyridine rings is 1. The first-order chi connectivity index (χ1) is 8.89. The fraction of sp³-hybridized carbons (Fsp3) is 0.500. The smallest absolute Gasteiger partial charge is 0.418 e. The molecule has 1 aromatic rings. The van der Waals surface area contributed by atoms with Gasteiger partial charge in [0, 0.05) is 19.3 Å². The van der Waals surface area contributed by atoms with Gasteiger partial charge in [0.25, 0.3) is 0 Å². The maximum absolute atomic E-state index is 12.7. The second-order valence-electron chi connectivity index (χ2n) is 4.44. The molecule has 0 spiro atoms. The van der Waals surface area contributed by atoms with Crippen molar-refractivity contribution in [2.75, 3.05) is 18.0 Å². The molecule has 1 saturated heterocycles. The van der Waals surface area contributed by atoms with Crippen LogP contribution in [-0.4, -0.2) is 29.1 Å². The van der Waals surface area contributed by atoms with Gasteiger partial charge < -0.3 is 10.0 Å². The highest BCUT2D eigenvalue weighted by atomic mass is 19.4. The lowest BCUT2D eigenvalue weighted by atomic mass is 10.1. The van der Waals surface area contributed by atoms with Crippen molar-refractivity contribution in [2.24, 2.45) is 0 Å². The van der Waals surface area contributed by atoms with Crippen molar-refractivity contribution in [1.29, 1.82) is 0 Å². The highest BCUT2D eigenvalue weighted by molar-refractivity contribution is 5.90. The highest BCUT2D eigenvalue weighted by Gasteiger charge is 2.36. The van der Waals surface area contributed by atoms with Crippen molar-refractivity contribution >= 4 is 11.8 Å². The average molecular weight is 274 g/mol. The van der Waals surface area contributed by atoms with E-state index in [4.69, 9.17) is 5.11 Å². The minimum Gasteiger partial charge on any atom is -0.478 e. The van der Waals surface area contributed by atoms with Crippen molar-refractivity contribution in [3.8, 4) is 0 Å². The fourth-order valence-electron chi connectivity index (χ4n) is 2.14. The van der Waals surface area contributed by atoms with Gasteiger partial charge in [-0.25, -0.2) is 9.78 Å². The summed E-state index contributed by atoms with van der Waals surface area (Å²) in [5.74, 6) is -1.29. The van der Waals surface area contributed by atoms with E-state index in [1.165, 1.54) is 0 Å². The third-order valence-electron chi connectivity index (χ3n) is 3.11. The summed E-state index contributed by atoms with van der Waals surface area (Å²) in [5, 5.41) is 8.91. The minimum atomic E-state index is -4.71. The van der Waals surface area contributed by atoms with Gasteiger partial charge in [0.1, 0.15) is 5.82 Å². The molecule has 0 saturated carbocycles. The van der Waals surface area contributed by atoms with E-state index in [0.29, 0.717) is 25.1 Å². The molecule has 0 atom stereocenters. The van der Waals surface area contributed by atoms with Gasteiger partial charge in [-0.1, -0.05) is 0 Å². The van der Waals surface area contributed by atoms with Crippen LogP contribution in [0.1, 0.15) is 35.2 Å². The quantitative estimate of drug-likeness (QED) is 0.901. The summed E-state index contributed by atoms with van der Waals surface area (Å²) in [6, 6.07) is 1.01. The third-order valence-corrected chi connectivity index (χ3v) is 3.11. The van der Waals surface area contributed by atoms with Crippen LogP contribution in [0.25, 0.3) is 0 Å². The fourth-order valence-corrected chi connectivity index (χ4v) is 2.14. The lowest BCUT2D eigenvalue weighted by Gasteiger charge is -2.28. The summed E-state index contributed by atoms with van der Waals surface area (Å²) in [6.45, 7) is 1.38. The van der Waals surface area contributed by atoms with Gasteiger partial charge in [0.05, 0.1) is 11.1 Å². The molecule has 7 heteroatoms. The first kappa shape index (κ1) is 13.6. The number of rotatable bonds is 2. The molecule has 1 N–H and O–H groups in total. The number of carboxylic acids is 1. The molecule has 0 amide bonds. The average Bonchev–Trinajstić information content (AvgIpc) is 2.38. The van der Waals surface area contributed by atoms with Crippen LogP contribution < -0.4 is 4.90 Å². The molecular formula is C12H13F3N2O2. The molecule has 104 valence electrons. The SMILES string of the molecule is O=C(O)c1cc(N2CCCCC2)ncc1C(F)(F)F. The predicted molar refractivity (Wildman–Crippen MR) is 62.3 cm³/mol. The molecule has 1 aliphatic rings. The Hall–Kier alpha value is -1.79. The van der Waals surface area contributed by atoms with E-state index in [2.05, 4.69) is 4.98 Å². The lowest BCUT2D eigenvalue weighted by molar-refractivity contribution is -0.138. The Labute approximate surface area is 107 Å². The van der Waals surface area contributed by atoms with Crippen LogP contribution in [-0.2, 0) is 6.18 Å². The van der Waals surface area contributed by atoms with Crippen LogP contribution in [0, 0.1) is 0 Å². The number of hydrogen-bond donors (Lipinski definition) is 1. The summed E-state index contributed by atoms with van der Waals surface area (Å²) < 4.78 is 38.0. The topological polar surface area (TPSA) is 53.4 Å². The Morgan fingerprint density at radius 3 is 2.42 bits per heavy atom.